The van der Waals surface area contributed by atoms with E-state index in [-0.39, 0.29) is 0 Å². The third kappa shape index (κ3) is 1.47. The van der Waals surface area contributed by atoms with E-state index in [4.69, 9.17) is 0 Å². The molecule has 0 aromatic heterocycles. The van der Waals surface area contributed by atoms with Crippen molar-refractivity contribution in [2.24, 2.45) is 0 Å². The second-order valence-electron chi connectivity index (χ2n) is 2.34. The molecule has 0 N–H and O–H groups in total. The van der Waals surface area contributed by atoms with Gasteiger partial charge in [-0.25, -0.2) is 0 Å². The van der Waals surface area contributed by atoms with Gasteiger partial charge < -0.3 is 0 Å². The summed E-state index contributed by atoms with van der Waals surface area (Å²) in [7, 11) is 0. The van der Waals surface area contributed by atoms with Gasteiger partial charge in [0.1, 0.15) is 0 Å². The van der Waals surface area contributed by atoms with Crippen LogP contribution in [0.1, 0.15) is 18.4 Å². The van der Waals surface area contributed by atoms with Crippen LogP contribution in [-0.2, 0) is 0 Å². The van der Waals surface area contributed by atoms with Crippen LogP contribution < -0.4 is 0 Å². The minimum atomic E-state index is 0.418. The Bertz CT molecular complexity index is 199. The fourth-order valence-corrected chi connectivity index (χ4v) is 0.817. The van der Waals surface area contributed by atoms with E-state index in [9.17, 15) is 0 Å². The van der Waals surface area contributed by atoms with Gasteiger partial charge in [0.15, 0.2) is 0 Å². The lowest BCUT2D eigenvalue weighted by Gasteiger charge is -2.02. The highest BCUT2D eigenvalue weighted by atomic mass is 14.0. The van der Waals surface area contributed by atoms with Crippen LogP contribution in [0, 0.1) is 6.07 Å². The first-order chi connectivity index (χ1) is 4.84. The molecule has 1 rings (SSSR count). The van der Waals surface area contributed by atoms with Crippen LogP contribution in [0.15, 0.2) is 36.9 Å². The van der Waals surface area contributed by atoms with Crippen LogP contribution in [0.4, 0.5) is 0 Å². The summed E-state index contributed by atoms with van der Waals surface area (Å²) in [5, 5.41) is 0. The summed E-state index contributed by atoms with van der Waals surface area (Å²) in [5.74, 6) is 0.418. The zero-order valence-corrected chi connectivity index (χ0v) is 6.17. The summed E-state index contributed by atoms with van der Waals surface area (Å²) >= 11 is 0. The van der Waals surface area contributed by atoms with Crippen LogP contribution in [0.3, 0.4) is 0 Å². The molecule has 0 aliphatic carbocycles. The summed E-state index contributed by atoms with van der Waals surface area (Å²) in [6.07, 6.45) is 1.92. The Morgan fingerprint density at radius 3 is 2.90 bits per heavy atom. The van der Waals surface area contributed by atoms with Gasteiger partial charge in [0.2, 0.25) is 0 Å². The molecule has 0 heteroatoms. The topological polar surface area (TPSA) is 0 Å². The Hall–Kier alpha value is -1.04. The molecular weight excluding hydrogens is 120 g/mol. The van der Waals surface area contributed by atoms with Crippen molar-refractivity contribution >= 4 is 0 Å². The van der Waals surface area contributed by atoms with E-state index >= 15 is 0 Å². The average molecular weight is 131 g/mol. The first-order valence-corrected chi connectivity index (χ1v) is 3.43. The second kappa shape index (κ2) is 3.21. The molecule has 0 amide bonds. The molecule has 0 saturated carbocycles. The zero-order chi connectivity index (χ0) is 7.40. The van der Waals surface area contributed by atoms with E-state index < -0.39 is 0 Å². The molecular formula is C10H11. The summed E-state index contributed by atoms with van der Waals surface area (Å²) in [4.78, 5) is 0. The van der Waals surface area contributed by atoms with E-state index in [1.54, 1.807) is 0 Å². The average Bonchev–Trinajstić information content (AvgIpc) is 2.05. The Labute approximate surface area is 62.2 Å². The van der Waals surface area contributed by atoms with Gasteiger partial charge in [0.05, 0.1) is 0 Å². The van der Waals surface area contributed by atoms with Gasteiger partial charge in [-0.3, -0.25) is 0 Å². The molecule has 0 bridgehead atoms. The zero-order valence-electron chi connectivity index (χ0n) is 6.17. The predicted octanol–water partition coefficient (Wildman–Crippen LogP) is 2.78. The van der Waals surface area contributed by atoms with Gasteiger partial charge in [0, 0.05) is 0 Å². The van der Waals surface area contributed by atoms with Crippen LogP contribution in [0.5, 0.6) is 0 Å². The van der Waals surface area contributed by atoms with Crippen molar-refractivity contribution in [2.75, 3.05) is 0 Å². The lowest BCUT2D eigenvalue weighted by molar-refractivity contribution is 0.969. The predicted molar refractivity (Wildman–Crippen MR) is 43.9 cm³/mol. The molecule has 1 radical (unpaired) electrons. The fourth-order valence-electron chi connectivity index (χ4n) is 0.817. The monoisotopic (exact) mass is 131 g/mol. The highest BCUT2D eigenvalue weighted by Crippen LogP contribution is 2.13. The van der Waals surface area contributed by atoms with Crippen LogP contribution in [-0.4, -0.2) is 0 Å². The lowest BCUT2D eigenvalue weighted by atomic mass is 10.0. The molecule has 0 saturated heterocycles. The summed E-state index contributed by atoms with van der Waals surface area (Å²) in [5.41, 5.74) is 1.21. The molecule has 1 aromatic rings. The fraction of sp³-hybridized carbons (Fsp3) is 0.200. The van der Waals surface area contributed by atoms with Gasteiger partial charge in [-0.15, -0.1) is 6.58 Å². The van der Waals surface area contributed by atoms with E-state index in [1.807, 2.05) is 24.3 Å². The molecule has 10 heavy (non-hydrogen) atoms. The normalized spacial score (nSPS) is 12.5. The van der Waals surface area contributed by atoms with Crippen molar-refractivity contribution < 1.29 is 0 Å². The Balaban J connectivity index is 2.84. The van der Waals surface area contributed by atoms with Crippen molar-refractivity contribution in [3.8, 4) is 0 Å². The summed E-state index contributed by atoms with van der Waals surface area (Å²) in [6.45, 7) is 5.83. The van der Waals surface area contributed by atoms with E-state index in [0.29, 0.717) is 5.92 Å². The Morgan fingerprint density at radius 1 is 1.60 bits per heavy atom. The number of hydrogen-bond donors (Lipinski definition) is 0. The van der Waals surface area contributed by atoms with Gasteiger partial charge in [-0.1, -0.05) is 37.3 Å². The highest BCUT2D eigenvalue weighted by Gasteiger charge is 1.96. The van der Waals surface area contributed by atoms with Gasteiger partial charge in [0.25, 0.3) is 0 Å². The van der Waals surface area contributed by atoms with Crippen LogP contribution in [0.2, 0.25) is 0 Å². The van der Waals surface area contributed by atoms with Crippen molar-refractivity contribution in [3.63, 3.8) is 0 Å². The van der Waals surface area contributed by atoms with Gasteiger partial charge in [-0.05, 0) is 17.5 Å². The lowest BCUT2D eigenvalue weighted by Crippen LogP contribution is -1.86. The second-order valence-corrected chi connectivity index (χ2v) is 2.34. The van der Waals surface area contributed by atoms with E-state index in [0.717, 1.165) is 0 Å². The van der Waals surface area contributed by atoms with Crippen LogP contribution in [0.25, 0.3) is 0 Å². The maximum atomic E-state index is 3.72. The number of hydrogen-bond acceptors (Lipinski definition) is 0. The van der Waals surface area contributed by atoms with Crippen molar-refractivity contribution in [2.45, 2.75) is 12.8 Å². The highest BCUT2D eigenvalue weighted by molar-refractivity contribution is 5.20. The molecule has 1 atom stereocenters. The standard InChI is InChI=1S/C10H11/c1-3-9(2)10-7-5-4-6-8-10/h3-7,9H,1H2,2H3. The van der Waals surface area contributed by atoms with Gasteiger partial charge in [-0.2, -0.15) is 0 Å². The number of allylic oxidation sites excluding steroid dienone is 1. The Morgan fingerprint density at radius 2 is 2.40 bits per heavy atom. The molecule has 0 spiro atoms. The minimum absolute atomic E-state index is 0.418. The van der Waals surface area contributed by atoms with Crippen molar-refractivity contribution in [1.82, 2.24) is 0 Å². The van der Waals surface area contributed by atoms with E-state index in [1.165, 1.54) is 5.56 Å². The van der Waals surface area contributed by atoms with Crippen molar-refractivity contribution in [1.29, 1.82) is 0 Å². The summed E-state index contributed by atoms with van der Waals surface area (Å²) < 4.78 is 0. The molecule has 0 nitrogen and oxygen atoms in total. The molecule has 1 unspecified atom stereocenters. The van der Waals surface area contributed by atoms with Crippen LogP contribution >= 0.6 is 0 Å². The number of rotatable bonds is 2. The molecule has 0 heterocycles. The summed E-state index contributed by atoms with van der Waals surface area (Å²) in [6, 6.07) is 11.1. The van der Waals surface area contributed by atoms with E-state index in [2.05, 4.69) is 25.6 Å². The minimum Gasteiger partial charge on any atom is -0.102 e. The molecule has 1 aromatic carbocycles. The smallest absolute Gasteiger partial charge is 0.000696 e. The molecule has 0 fully saturated rings. The third-order valence-electron chi connectivity index (χ3n) is 1.58. The first-order valence-electron chi connectivity index (χ1n) is 3.43. The largest absolute Gasteiger partial charge is 0.102 e. The SMILES string of the molecule is C=CC(C)c1[c]cccc1. The van der Waals surface area contributed by atoms with Crippen molar-refractivity contribution in [3.05, 3.63) is 48.6 Å². The third-order valence-corrected chi connectivity index (χ3v) is 1.58. The molecule has 0 aliphatic rings. The number of benzene rings is 1. The first kappa shape index (κ1) is 7.07. The Kier molecular flexibility index (Phi) is 2.27. The maximum absolute atomic E-state index is 3.72. The molecule has 0 aliphatic heterocycles. The quantitative estimate of drug-likeness (QED) is 0.541. The van der Waals surface area contributed by atoms with Gasteiger partial charge >= 0.3 is 0 Å². The maximum Gasteiger partial charge on any atom is -0.000696 e. The molecule has 51 valence electrons.